The number of ether oxygens (including phenoxy) is 1. The van der Waals surface area contributed by atoms with Crippen LogP contribution in [0.25, 0.3) is 0 Å². The van der Waals surface area contributed by atoms with E-state index in [1.165, 1.54) is 37.7 Å². The molecule has 1 unspecified atom stereocenters. The van der Waals surface area contributed by atoms with E-state index in [0.29, 0.717) is 18.0 Å². The van der Waals surface area contributed by atoms with Crippen LogP contribution in [-0.2, 0) is 9.59 Å². The van der Waals surface area contributed by atoms with E-state index < -0.39 is 12.1 Å². The van der Waals surface area contributed by atoms with Crippen molar-refractivity contribution in [2.24, 2.45) is 0 Å². The molecule has 0 aromatic heterocycles. The fourth-order valence-corrected chi connectivity index (χ4v) is 2.71. The van der Waals surface area contributed by atoms with Crippen LogP contribution in [0.4, 0.5) is 0 Å². The molecule has 0 radical (unpaired) electrons. The van der Waals surface area contributed by atoms with E-state index in [1.807, 2.05) is 19.1 Å². The molecule has 0 bridgehead atoms. The smallest absolute Gasteiger partial charge is 0.352 e. The summed E-state index contributed by atoms with van der Waals surface area (Å²) in [6.07, 6.45) is 4.97. The number of rotatable bonds is 5. The van der Waals surface area contributed by atoms with Gasteiger partial charge in [-0.3, -0.25) is 4.79 Å². The fourth-order valence-electron chi connectivity index (χ4n) is 2.71. The van der Waals surface area contributed by atoms with Gasteiger partial charge in [-0.05, 0) is 42.9 Å². The first kappa shape index (κ1) is 14.6. The lowest BCUT2D eigenvalue weighted by molar-refractivity contribution is -0.147. The maximum absolute atomic E-state index is 10.9. The summed E-state index contributed by atoms with van der Waals surface area (Å²) in [6.45, 7) is 1.85. The standard InChI is InChI=1S/C16H20O4/c1-11-7-8-13(12-5-3-2-4-6-12)9-14(11)20-15(10-17)16(18)19/h7-10,12,15H,2-6H2,1H3,(H,18,19). The highest BCUT2D eigenvalue weighted by molar-refractivity contribution is 5.89. The van der Waals surface area contributed by atoms with Gasteiger partial charge in [0.15, 0.2) is 6.29 Å². The first-order valence-corrected chi connectivity index (χ1v) is 7.07. The van der Waals surface area contributed by atoms with Crippen LogP contribution in [0.3, 0.4) is 0 Å². The molecule has 1 N–H and O–H groups in total. The Kier molecular flexibility index (Phi) is 4.77. The van der Waals surface area contributed by atoms with Crippen LogP contribution >= 0.6 is 0 Å². The Labute approximate surface area is 118 Å². The van der Waals surface area contributed by atoms with Gasteiger partial charge < -0.3 is 9.84 Å². The first-order valence-electron chi connectivity index (χ1n) is 7.07. The topological polar surface area (TPSA) is 63.6 Å². The number of carbonyl (C=O) groups is 2. The van der Waals surface area contributed by atoms with Gasteiger partial charge in [0.25, 0.3) is 0 Å². The van der Waals surface area contributed by atoms with Crippen molar-refractivity contribution in [3.63, 3.8) is 0 Å². The molecular weight excluding hydrogens is 256 g/mol. The number of hydrogen-bond acceptors (Lipinski definition) is 3. The summed E-state index contributed by atoms with van der Waals surface area (Å²) in [5.74, 6) is -0.249. The largest absolute Gasteiger partial charge is 0.478 e. The number of carbonyl (C=O) groups excluding carboxylic acids is 1. The van der Waals surface area contributed by atoms with Crippen LogP contribution < -0.4 is 4.74 Å². The lowest BCUT2D eigenvalue weighted by atomic mass is 9.84. The molecule has 1 atom stereocenters. The van der Waals surface area contributed by atoms with E-state index in [9.17, 15) is 9.59 Å². The van der Waals surface area contributed by atoms with E-state index in [1.54, 1.807) is 0 Å². The SMILES string of the molecule is Cc1ccc(C2CCCCC2)cc1OC(C=O)C(=O)O. The van der Waals surface area contributed by atoms with Gasteiger partial charge in [-0.15, -0.1) is 0 Å². The van der Waals surface area contributed by atoms with Crippen molar-refractivity contribution >= 4 is 12.3 Å². The molecule has 2 rings (SSSR count). The monoisotopic (exact) mass is 276 g/mol. The van der Waals surface area contributed by atoms with E-state index in [4.69, 9.17) is 9.84 Å². The molecule has 1 fully saturated rings. The van der Waals surface area contributed by atoms with Gasteiger partial charge in [0.2, 0.25) is 6.10 Å². The molecule has 1 aliphatic rings. The Hall–Kier alpha value is -1.84. The Balaban J connectivity index is 2.19. The van der Waals surface area contributed by atoms with Gasteiger partial charge >= 0.3 is 5.97 Å². The van der Waals surface area contributed by atoms with Gasteiger partial charge in [-0.2, -0.15) is 0 Å². The summed E-state index contributed by atoms with van der Waals surface area (Å²) in [6, 6.07) is 5.91. The van der Waals surface area contributed by atoms with Crippen molar-refractivity contribution in [3.05, 3.63) is 29.3 Å². The predicted molar refractivity (Wildman–Crippen MR) is 75.1 cm³/mol. The number of carboxylic acids is 1. The average molecular weight is 276 g/mol. The van der Waals surface area contributed by atoms with Crippen molar-refractivity contribution in [1.29, 1.82) is 0 Å². The molecule has 1 aromatic rings. The Morgan fingerprint density at radius 3 is 2.65 bits per heavy atom. The minimum absolute atomic E-state index is 0.315. The predicted octanol–water partition coefficient (Wildman–Crippen LogP) is 3.07. The van der Waals surface area contributed by atoms with Crippen molar-refractivity contribution in [1.82, 2.24) is 0 Å². The molecule has 108 valence electrons. The summed E-state index contributed by atoms with van der Waals surface area (Å²) in [5.41, 5.74) is 2.03. The van der Waals surface area contributed by atoms with Crippen LogP contribution in [0.2, 0.25) is 0 Å². The first-order chi connectivity index (χ1) is 9.61. The maximum atomic E-state index is 10.9. The molecule has 0 aliphatic heterocycles. The molecule has 0 amide bonds. The molecule has 1 saturated carbocycles. The molecule has 1 aliphatic carbocycles. The second-order valence-electron chi connectivity index (χ2n) is 5.37. The second kappa shape index (κ2) is 6.55. The van der Waals surface area contributed by atoms with Crippen LogP contribution in [0.15, 0.2) is 18.2 Å². The lowest BCUT2D eigenvalue weighted by Gasteiger charge is -2.23. The Bertz CT molecular complexity index is 489. The number of benzene rings is 1. The minimum Gasteiger partial charge on any atom is -0.478 e. The quantitative estimate of drug-likeness (QED) is 0.663. The van der Waals surface area contributed by atoms with Gasteiger partial charge in [0.05, 0.1) is 0 Å². The van der Waals surface area contributed by atoms with Gasteiger partial charge in [0.1, 0.15) is 5.75 Å². The van der Waals surface area contributed by atoms with Gasteiger partial charge in [0, 0.05) is 0 Å². The van der Waals surface area contributed by atoms with Gasteiger partial charge in [-0.25, -0.2) is 4.79 Å². The highest BCUT2D eigenvalue weighted by Gasteiger charge is 2.21. The highest BCUT2D eigenvalue weighted by atomic mass is 16.5. The summed E-state index contributed by atoms with van der Waals surface area (Å²) in [4.78, 5) is 21.6. The van der Waals surface area contributed by atoms with E-state index in [0.717, 1.165) is 5.56 Å². The zero-order chi connectivity index (χ0) is 14.5. The number of aryl methyl sites for hydroxylation is 1. The number of hydrogen-bond donors (Lipinski definition) is 1. The normalized spacial score (nSPS) is 17.4. The fraction of sp³-hybridized carbons (Fsp3) is 0.500. The zero-order valence-corrected chi connectivity index (χ0v) is 11.7. The summed E-state index contributed by atoms with van der Waals surface area (Å²) in [7, 11) is 0. The highest BCUT2D eigenvalue weighted by Crippen LogP contribution is 2.35. The number of aliphatic carboxylic acids is 1. The van der Waals surface area contributed by atoms with E-state index in [-0.39, 0.29) is 0 Å². The summed E-state index contributed by atoms with van der Waals surface area (Å²) < 4.78 is 5.32. The molecule has 0 spiro atoms. The molecule has 4 heteroatoms. The molecule has 0 saturated heterocycles. The van der Waals surface area contributed by atoms with Crippen molar-refractivity contribution < 1.29 is 19.4 Å². The van der Waals surface area contributed by atoms with Crippen molar-refractivity contribution in [3.8, 4) is 5.75 Å². The molecule has 0 heterocycles. The lowest BCUT2D eigenvalue weighted by Crippen LogP contribution is -2.28. The van der Waals surface area contributed by atoms with E-state index >= 15 is 0 Å². The van der Waals surface area contributed by atoms with E-state index in [2.05, 4.69) is 6.07 Å². The summed E-state index contributed by atoms with van der Waals surface area (Å²) >= 11 is 0. The van der Waals surface area contributed by atoms with Crippen LogP contribution in [0.5, 0.6) is 5.75 Å². The molecule has 4 nitrogen and oxygen atoms in total. The molecule has 20 heavy (non-hydrogen) atoms. The second-order valence-corrected chi connectivity index (χ2v) is 5.37. The Morgan fingerprint density at radius 2 is 2.05 bits per heavy atom. The van der Waals surface area contributed by atoms with Crippen LogP contribution in [0, 0.1) is 6.92 Å². The Morgan fingerprint density at radius 1 is 1.35 bits per heavy atom. The van der Waals surface area contributed by atoms with Crippen molar-refractivity contribution in [2.45, 2.75) is 51.0 Å². The number of carboxylic acid groups (broad SMARTS) is 1. The van der Waals surface area contributed by atoms with Crippen LogP contribution in [-0.4, -0.2) is 23.5 Å². The third-order valence-corrected chi connectivity index (χ3v) is 3.91. The van der Waals surface area contributed by atoms with Gasteiger partial charge in [-0.1, -0.05) is 31.4 Å². The average Bonchev–Trinajstić information content (AvgIpc) is 2.47. The zero-order valence-electron chi connectivity index (χ0n) is 11.7. The molecule has 1 aromatic carbocycles. The third kappa shape index (κ3) is 3.38. The molecular formula is C16H20O4. The minimum atomic E-state index is -1.43. The summed E-state index contributed by atoms with van der Waals surface area (Å²) in [5, 5.41) is 8.89. The van der Waals surface area contributed by atoms with Crippen molar-refractivity contribution in [2.75, 3.05) is 0 Å². The van der Waals surface area contributed by atoms with Crippen LogP contribution in [0.1, 0.15) is 49.1 Å². The number of aldehydes is 1. The maximum Gasteiger partial charge on any atom is 0.352 e. The third-order valence-electron chi connectivity index (χ3n) is 3.91.